The van der Waals surface area contributed by atoms with E-state index in [0.717, 1.165) is 5.56 Å². The van der Waals surface area contributed by atoms with Gasteiger partial charge in [0.15, 0.2) is 11.5 Å². The number of carbonyl (C=O) groups is 1. The van der Waals surface area contributed by atoms with Crippen LogP contribution in [0, 0.1) is 0 Å². The molecule has 0 saturated heterocycles. The highest BCUT2D eigenvalue weighted by Gasteiger charge is 2.12. The number of thioether (sulfide) groups is 1. The molecule has 23 heavy (non-hydrogen) atoms. The zero-order valence-corrected chi connectivity index (χ0v) is 13.6. The Balaban J connectivity index is 1.63. The normalized spacial score (nSPS) is 13.1. The molecule has 1 aliphatic rings. The standard InChI is InChI=1S/C18H17NO3S/c1-23-15-6-2-13(3-7-15)4-9-18(20)19-14-5-8-16-17(12-14)22-11-10-21-16/h2-9,12H,10-11H2,1H3,(H,19,20)/b9-4+. The van der Waals surface area contributed by atoms with E-state index in [1.54, 1.807) is 36.0 Å². The Morgan fingerprint density at radius 3 is 2.57 bits per heavy atom. The van der Waals surface area contributed by atoms with Crippen molar-refractivity contribution in [2.45, 2.75) is 4.90 Å². The predicted octanol–water partition coefficient (Wildman–Crippen LogP) is 3.83. The zero-order chi connectivity index (χ0) is 16.1. The van der Waals surface area contributed by atoms with E-state index < -0.39 is 0 Å². The van der Waals surface area contributed by atoms with Gasteiger partial charge in [0, 0.05) is 22.7 Å². The van der Waals surface area contributed by atoms with Gasteiger partial charge < -0.3 is 14.8 Å². The predicted molar refractivity (Wildman–Crippen MR) is 93.3 cm³/mol. The van der Waals surface area contributed by atoms with Crippen LogP contribution in [0.15, 0.2) is 53.4 Å². The number of hydrogen-bond donors (Lipinski definition) is 1. The SMILES string of the molecule is CSc1ccc(/C=C/C(=O)Nc2ccc3c(c2)OCCO3)cc1. The van der Waals surface area contributed by atoms with Crippen LogP contribution < -0.4 is 14.8 Å². The molecule has 1 aliphatic heterocycles. The molecule has 0 bridgehead atoms. The lowest BCUT2D eigenvalue weighted by atomic mass is 10.2. The van der Waals surface area contributed by atoms with Gasteiger partial charge in [-0.2, -0.15) is 0 Å². The Kier molecular flexibility index (Phi) is 4.88. The summed E-state index contributed by atoms with van der Waals surface area (Å²) in [7, 11) is 0. The summed E-state index contributed by atoms with van der Waals surface area (Å²) in [5.74, 6) is 1.18. The van der Waals surface area contributed by atoms with Crippen LogP contribution in [-0.4, -0.2) is 25.4 Å². The molecular weight excluding hydrogens is 310 g/mol. The summed E-state index contributed by atoms with van der Waals surface area (Å²) in [6, 6.07) is 13.4. The first-order valence-corrected chi connectivity index (χ1v) is 8.50. The summed E-state index contributed by atoms with van der Waals surface area (Å²) in [6.45, 7) is 1.08. The van der Waals surface area contributed by atoms with Crippen LogP contribution in [0.1, 0.15) is 5.56 Å². The van der Waals surface area contributed by atoms with Crippen molar-refractivity contribution in [3.05, 3.63) is 54.1 Å². The Morgan fingerprint density at radius 2 is 1.83 bits per heavy atom. The average molecular weight is 327 g/mol. The highest BCUT2D eigenvalue weighted by Crippen LogP contribution is 2.32. The van der Waals surface area contributed by atoms with Gasteiger partial charge in [-0.25, -0.2) is 0 Å². The van der Waals surface area contributed by atoms with Crippen molar-refractivity contribution in [1.29, 1.82) is 0 Å². The Labute approximate surface area is 139 Å². The van der Waals surface area contributed by atoms with Gasteiger partial charge in [-0.3, -0.25) is 4.79 Å². The minimum atomic E-state index is -0.185. The molecule has 2 aromatic carbocycles. The van der Waals surface area contributed by atoms with Crippen LogP contribution in [0.25, 0.3) is 6.08 Å². The van der Waals surface area contributed by atoms with Crippen molar-refractivity contribution in [2.24, 2.45) is 0 Å². The first kappa shape index (κ1) is 15.5. The Hall–Kier alpha value is -2.40. The second kappa shape index (κ2) is 7.24. The number of anilines is 1. The van der Waals surface area contributed by atoms with Crippen molar-refractivity contribution >= 4 is 29.4 Å². The number of nitrogens with one attached hydrogen (secondary N) is 1. The van der Waals surface area contributed by atoms with Gasteiger partial charge in [0.1, 0.15) is 13.2 Å². The summed E-state index contributed by atoms with van der Waals surface area (Å²) in [5.41, 5.74) is 1.67. The molecule has 0 spiro atoms. The fraction of sp³-hybridized carbons (Fsp3) is 0.167. The van der Waals surface area contributed by atoms with Gasteiger partial charge in [-0.15, -0.1) is 11.8 Å². The van der Waals surface area contributed by atoms with Crippen LogP contribution in [0.4, 0.5) is 5.69 Å². The van der Waals surface area contributed by atoms with E-state index in [0.29, 0.717) is 30.4 Å². The lowest BCUT2D eigenvalue weighted by molar-refractivity contribution is -0.111. The number of amides is 1. The van der Waals surface area contributed by atoms with E-state index in [2.05, 4.69) is 5.32 Å². The summed E-state index contributed by atoms with van der Waals surface area (Å²) in [6.07, 6.45) is 5.34. The highest BCUT2D eigenvalue weighted by molar-refractivity contribution is 7.98. The minimum absolute atomic E-state index is 0.185. The summed E-state index contributed by atoms with van der Waals surface area (Å²) in [4.78, 5) is 13.2. The molecule has 1 N–H and O–H groups in total. The van der Waals surface area contributed by atoms with Crippen LogP contribution in [0.2, 0.25) is 0 Å². The van der Waals surface area contributed by atoms with Crippen molar-refractivity contribution in [2.75, 3.05) is 24.8 Å². The lowest BCUT2D eigenvalue weighted by Crippen LogP contribution is -2.16. The molecule has 1 heterocycles. The van der Waals surface area contributed by atoms with Gasteiger partial charge in [0.05, 0.1) is 0 Å². The monoisotopic (exact) mass is 327 g/mol. The molecule has 0 aliphatic carbocycles. The summed E-state index contributed by atoms with van der Waals surface area (Å²) >= 11 is 1.69. The van der Waals surface area contributed by atoms with E-state index in [-0.39, 0.29) is 5.91 Å². The molecule has 2 aromatic rings. The third-order valence-electron chi connectivity index (χ3n) is 3.35. The molecule has 0 radical (unpaired) electrons. The minimum Gasteiger partial charge on any atom is -0.486 e. The smallest absolute Gasteiger partial charge is 0.248 e. The topological polar surface area (TPSA) is 47.6 Å². The quantitative estimate of drug-likeness (QED) is 0.685. The number of carbonyl (C=O) groups excluding carboxylic acids is 1. The molecule has 4 nitrogen and oxygen atoms in total. The van der Waals surface area contributed by atoms with Crippen LogP contribution in [-0.2, 0) is 4.79 Å². The third-order valence-corrected chi connectivity index (χ3v) is 4.10. The van der Waals surface area contributed by atoms with E-state index >= 15 is 0 Å². The fourth-order valence-corrected chi connectivity index (χ4v) is 2.60. The van der Waals surface area contributed by atoms with Crippen molar-refractivity contribution in [3.8, 4) is 11.5 Å². The molecule has 0 unspecified atom stereocenters. The summed E-state index contributed by atoms with van der Waals surface area (Å²) < 4.78 is 11.0. The van der Waals surface area contributed by atoms with Crippen molar-refractivity contribution in [1.82, 2.24) is 0 Å². The average Bonchev–Trinajstić information content (AvgIpc) is 2.60. The lowest BCUT2D eigenvalue weighted by Gasteiger charge is -2.18. The number of hydrogen-bond acceptors (Lipinski definition) is 4. The molecule has 0 aromatic heterocycles. The Bertz CT molecular complexity index is 726. The van der Waals surface area contributed by atoms with E-state index in [4.69, 9.17) is 9.47 Å². The van der Waals surface area contributed by atoms with E-state index in [9.17, 15) is 4.79 Å². The van der Waals surface area contributed by atoms with Gasteiger partial charge in [0.2, 0.25) is 5.91 Å². The maximum atomic E-state index is 12.0. The van der Waals surface area contributed by atoms with E-state index in [1.807, 2.05) is 30.5 Å². The Morgan fingerprint density at radius 1 is 1.09 bits per heavy atom. The summed E-state index contributed by atoms with van der Waals surface area (Å²) in [5, 5.41) is 2.82. The number of benzene rings is 2. The molecule has 0 saturated carbocycles. The molecule has 5 heteroatoms. The third kappa shape index (κ3) is 4.07. The van der Waals surface area contributed by atoms with Gasteiger partial charge in [-0.1, -0.05) is 12.1 Å². The van der Waals surface area contributed by atoms with Gasteiger partial charge >= 0.3 is 0 Å². The number of fused-ring (bicyclic) bond motifs is 1. The maximum Gasteiger partial charge on any atom is 0.248 e. The second-order valence-electron chi connectivity index (χ2n) is 4.95. The van der Waals surface area contributed by atoms with Crippen molar-refractivity contribution < 1.29 is 14.3 Å². The molecule has 1 amide bonds. The largest absolute Gasteiger partial charge is 0.486 e. The molecule has 0 fully saturated rings. The van der Waals surface area contributed by atoms with Crippen LogP contribution in [0.3, 0.4) is 0 Å². The highest BCUT2D eigenvalue weighted by atomic mass is 32.2. The van der Waals surface area contributed by atoms with Crippen LogP contribution in [0.5, 0.6) is 11.5 Å². The second-order valence-corrected chi connectivity index (χ2v) is 5.83. The zero-order valence-electron chi connectivity index (χ0n) is 12.7. The number of rotatable bonds is 4. The van der Waals surface area contributed by atoms with Crippen LogP contribution >= 0.6 is 11.8 Å². The molecule has 0 atom stereocenters. The first-order valence-electron chi connectivity index (χ1n) is 7.27. The van der Waals surface area contributed by atoms with Crippen molar-refractivity contribution in [3.63, 3.8) is 0 Å². The first-order chi connectivity index (χ1) is 11.2. The maximum absolute atomic E-state index is 12.0. The van der Waals surface area contributed by atoms with Gasteiger partial charge in [-0.05, 0) is 42.2 Å². The molecule has 3 rings (SSSR count). The number of ether oxygens (including phenoxy) is 2. The fourth-order valence-electron chi connectivity index (χ4n) is 2.19. The van der Waals surface area contributed by atoms with E-state index in [1.165, 1.54) is 11.0 Å². The van der Waals surface area contributed by atoms with Gasteiger partial charge in [0.25, 0.3) is 0 Å². The molecule has 118 valence electrons. The molecular formula is C18H17NO3S.